The quantitative estimate of drug-likeness (QED) is 0.240. The first-order valence-electron chi connectivity index (χ1n) is 11.5. The fraction of sp³-hybridized carbons (Fsp3) is 1.00. The van der Waals surface area contributed by atoms with Gasteiger partial charge in [-0.05, 0) is 19.3 Å². The summed E-state index contributed by atoms with van der Waals surface area (Å²) in [5.74, 6) is 0. The van der Waals surface area contributed by atoms with E-state index >= 15 is 0 Å². The molecule has 0 saturated carbocycles. The summed E-state index contributed by atoms with van der Waals surface area (Å²) in [5, 5.41) is 7.88. The van der Waals surface area contributed by atoms with E-state index in [1.165, 1.54) is 103 Å². The zero-order valence-corrected chi connectivity index (χ0v) is 18.0. The molecule has 0 rings (SSSR count). The second kappa shape index (κ2) is 28.7. The lowest BCUT2D eigenvalue weighted by Crippen LogP contribution is -1.97. The van der Waals surface area contributed by atoms with Crippen molar-refractivity contribution in [3.63, 3.8) is 0 Å². The van der Waals surface area contributed by atoms with Gasteiger partial charge in [0.2, 0.25) is 0 Å². The van der Waals surface area contributed by atoms with Gasteiger partial charge in [-0.3, -0.25) is 0 Å². The SMILES string of the molecule is CCCCCCCCCCOCCCCCCCCCC.CCCO. The zero-order chi connectivity index (χ0) is 18.8. The van der Waals surface area contributed by atoms with Crippen molar-refractivity contribution in [2.75, 3.05) is 19.8 Å². The molecular formula is C23H50O2. The molecule has 0 aromatic carbocycles. The summed E-state index contributed by atoms with van der Waals surface area (Å²) >= 11 is 0. The lowest BCUT2D eigenvalue weighted by atomic mass is 10.1. The lowest BCUT2D eigenvalue weighted by Gasteiger charge is -2.05. The molecule has 0 fully saturated rings. The zero-order valence-electron chi connectivity index (χ0n) is 18.0. The van der Waals surface area contributed by atoms with Crippen LogP contribution >= 0.6 is 0 Å². The topological polar surface area (TPSA) is 29.5 Å². The van der Waals surface area contributed by atoms with E-state index in [9.17, 15) is 0 Å². The van der Waals surface area contributed by atoms with Gasteiger partial charge >= 0.3 is 0 Å². The summed E-state index contributed by atoms with van der Waals surface area (Å²) in [7, 11) is 0. The molecule has 0 atom stereocenters. The highest BCUT2D eigenvalue weighted by Gasteiger charge is 1.94. The molecule has 0 aromatic rings. The minimum Gasteiger partial charge on any atom is -0.396 e. The summed E-state index contributed by atoms with van der Waals surface area (Å²) in [5.41, 5.74) is 0. The molecule has 0 unspecified atom stereocenters. The van der Waals surface area contributed by atoms with E-state index in [4.69, 9.17) is 9.84 Å². The highest BCUT2D eigenvalue weighted by atomic mass is 16.5. The van der Waals surface area contributed by atoms with E-state index in [-0.39, 0.29) is 0 Å². The van der Waals surface area contributed by atoms with Gasteiger partial charge in [0.15, 0.2) is 0 Å². The smallest absolute Gasteiger partial charge is 0.0466 e. The fourth-order valence-electron chi connectivity index (χ4n) is 2.78. The highest BCUT2D eigenvalue weighted by Crippen LogP contribution is 2.10. The molecule has 0 amide bonds. The van der Waals surface area contributed by atoms with E-state index in [0.29, 0.717) is 6.61 Å². The molecule has 0 spiro atoms. The normalized spacial score (nSPS) is 10.6. The van der Waals surface area contributed by atoms with Crippen molar-refractivity contribution in [1.82, 2.24) is 0 Å². The number of hydrogen-bond acceptors (Lipinski definition) is 2. The Kier molecular flexibility index (Phi) is 31.2. The molecule has 25 heavy (non-hydrogen) atoms. The average molecular weight is 359 g/mol. The standard InChI is InChI=1S/C20H42O.C3H8O/c1-3-5-7-9-11-13-15-17-19-21-20-18-16-14-12-10-8-6-4-2;1-2-3-4/h3-20H2,1-2H3;4H,2-3H2,1H3. The molecule has 0 aliphatic carbocycles. The van der Waals surface area contributed by atoms with Gasteiger partial charge < -0.3 is 9.84 Å². The molecule has 0 aliphatic heterocycles. The van der Waals surface area contributed by atoms with Gasteiger partial charge in [-0.1, -0.05) is 111 Å². The van der Waals surface area contributed by atoms with E-state index in [2.05, 4.69) is 13.8 Å². The molecule has 0 bridgehead atoms. The van der Waals surface area contributed by atoms with E-state index in [0.717, 1.165) is 19.6 Å². The molecular weight excluding hydrogens is 308 g/mol. The minimum absolute atomic E-state index is 0.319. The molecule has 0 heterocycles. The predicted molar refractivity (Wildman–Crippen MR) is 113 cm³/mol. The van der Waals surface area contributed by atoms with Crippen LogP contribution in [0.2, 0.25) is 0 Å². The van der Waals surface area contributed by atoms with Crippen LogP contribution in [0.1, 0.15) is 130 Å². The van der Waals surface area contributed by atoms with Crippen molar-refractivity contribution in [2.24, 2.45) is 0 Å². The third kappa shape index (κ3) is 32.1. The lowest BCUT2D eigenvalue weighted by molar-refractivity contribution is 0.125. The van der Waals surface area contributed by atoms with Crippen molar-refractivity contribution in [3.05, 3.63) is 0 Å². The number of unbranched alkanes of at least 4 members (excludes halogenated alkanes) is 14. The Morgan fingerprint density at radius 2 is 0.720 bits per heavy atom. The highest BCUT2D eigenvalue weighted by molar-refractivity contribution is 4.47. The second-order valence-electron chi connectivity index (χ2n) is 7.29. The molecule has 0 saturated heterocycles. The van der Waals surface area contributed by atoms with E-state index in [1.807, 2.05) is 6.92 Å². The summed E-state index contributed by atoms with van der Waals surface area (Å²) in [6, 6.07) is 0. The Labute approximate surface area is 160 Å². The second-order valence-corrected chi connectivity index (χ2v) is 7.29. The van der Waals surface area contributed by atoms with Crippen LogP contribution in [0.25, 0.3) is 0 Å². The van der Waals surface area contributed by atoms with Crippen LogP contribution in [0.4, 0.5) is 0 Å². The Bertz CT molecular complexity index is 175. The molecule has 1 N–H and O–H groups in total. The molecule has 154 valence electrons. The van der Waals surface area contributed by atoms with E-state index in [1.54, 1.807) is 0 Å². The summed E-state index contributed by atoms with van der Waals surface area (Å²) in [4.78, 5) is 0. The van der Waals surface area contributed by atoms with Crippen molar-refractivity contribution in [2.45, 2.75) is 130 Å². The van der Waals surface area contributed by atoms with Gasteiger partial charge in [0.25, 0.3) is 0 Å². The van der Waals surface area contributed by atoms with Crippen LogP contribution in [0.15, 0.2) is 0 Å². The number of hydrogen-bond donors (Lipinski definition) is 1. The Morgan fingerprint density at radius 1 is 0.440 bits per heavy atom. The molecule has 2 nitrogen and oxygen atoms in total. The first kappa shape index (κ1) is 27.1. The van der Waals surface area contributed by atoms with Gasteiger partial charge in [0.05, 0.1) is 0 Å². The number of ether oxygens (including phenoxy) is 1. The summed E-state index contributed by atoms with van der Waals surface area (Å²) in [6.07, 6.45) is 23.1. The summed E-state index contributed by atoms with van der Waals surface area (Å²) in [6.45, 7) is 8.80. The van der Waals surface area contributed by atoms with Crippen LogP contribution in [0.3, 0.4) is 0 Å². The number of rotatable bonds is 19. The maximum Gasteiger partial charge on any atom is 0.0466 e. The average Bonchev–Trinajstić information content (AvgIpc) is 2.64. The van der Waals surface area contributed by atoms with Crippen LogP contribution in [-0.4, -0.2) is 24.9 Å². The first-order valence-corrected chi connectivity index (χ1v) is 11.5. The van der Waals surface area contributed by atoms with Crippen LogP contribution < -0.4 is 0 Å². The van der Waals surface area contributed by atoms with Gasteiger partial charge in [-0.15, -0.1) is 0 Å². The Morgan fingerprint density at radius 3 is 1.00 bits per heavy atom. The van der Waals surface area contributed by atoms with Gasteiger partial charge in [0, 0.05) is 19.8 Å². The van der Waals surface area contributed by atoms with Crippen molar-refractivity contribution in [1.29, 1.82) is 0 Å². The molecule has 0 aromatic heterocycles. The monoisotopic (exact) mass is 358 g/mol. The molecule has 0 aliphatic rings. The van der Waals surface area contributed by atoms with Gasteiger partial charge in [0.1, 0.15) is 0 Å². The van der Waals surface area contributed by atoms with Gasteiger partial charge in [-0.25, -0.2) is 0 Å². The van der Waals surface area contributed by atoms with Crippen LogP contribution in [0, 0.1) is 0 Å². The predicted octanol–water partition coefficient (Wildman–Crippen LogP) is 7.67. The number of aliphatic hydroxyl groups excluding tert-OH is 1. The Balaban J connectivity index is 0. The van der Waals surface area contributed by atoms with Crippen molar-refractivity contribution >= 4 is 0 Å². The maximum atomic E-state index is 7.88. The molecule has 0 radical (unpaired) electrons. The van der Waals surface area contributed by atoms with Crippen molar-refractivity contribution < 1.29 is 9.84 Å². The fourth-order valence-corrected chi connectivity index (χ4v) is 2.78. The van der Waals surface area contributed by atoms with Crippen molar-refractivity contribution in [3.8, 4) is 0 Å². The first-order chi connectivity index (χ1) is 12.3. The maximum absolute atomic E-state index is 7.88. The largest absolute Gasteiger partial charge is 0.396 e. The van der Waals surface area contributed by atoms with Crippen LogP contribution in [0.5, 0.6) is 0 Å². The molecule has 2 heteroatoms. The van der Waals surface area contributed by atoms with Crippen LogP contribution in [-0.2, 0) is 4.74 Å². The van der Waals surface area contributed by atoms with E-state index < -0.39 is 0 Å². The third-order valence-electron chi connectivity index (χ3n) is 4.51. The Hall–Kier alpha value is -0.0800. The summed E-state index contributed by atoms with van der Waals surface area (Å²) < 4.78 is 5.72. The minimum atomic E-state index is 0.319. The van der Waals surface area contributed by atoms with Gasteiger partial charge in [-0.2, -0.15) is 0 Å². The third-order valence-corrected chi connectivity index (χ3v) is 4.51. The number of aliphatic hydroxyl groups is 1.